The average Bonchev–Trinajstić information content (AvgIpc) is 3.93. The maximum Gasteiger partial charge on any atom is 0.252 e. The van der Waals surface area contributed by atoms with Crippen LogP contribution in [0.25, 0.3) is 88.9 Å². The molecule has 2 aliphatic heterocycles. The molecule has 0 saturated carbocycles. The lowest BCUT2D eigenvalue weighted by Gasteiger charge is -2.33. The highest BCUT2D eigenvalue weighted by atomic mass is 15.3. The molecule has 6 nitrogen and oxygen atoms in total. The zero-order valence-corrected chi connectivity index (χ0v) is 27.2. The van der Waals surface area contributed by atoms with Gasteiger partial charge in [0.25, 0.3) is 6.71 Å². The second kappa shape index (κ2) is 9.03. The molecule has 0 radical (unpaired) electrons. The van der Waals surface area contributed by atoms with E-state index in [4.69, 9.17) is 9.97 Å². The minimum atomic E-state index is 0.0361. The monoisotopic (exact) mass is 648 g/mol. The summed E-state index contributed by atoms with van der Waals surface area (Å²) in [4.78, 5) is 10.9. The van der Waals surface area contributed by atoms with Gasteiger partial charge in [-0.15, -0.1) is 0 Å². The summed E-state index contributed by atoms with van der Waals surface area (Å²) < 4.78 is 9.54. The molecule has 0 aliphatic carbocycles. The van der Waals surface area contributed by atoms with Crippen molar-refractivity contribution in [2.75, 3.05) is 0 Å². The van der Waals surface area contributed by atoms with Crippen LogP contribution in [0.15, 0.2) is 152 Å². The van der Waals surface area contributed by atoms with Gasteiger partial charge in [-0.3, -0.25) is 18.3 Å². The van der Waals surface area contributed by atoms with Gasteiger partial charge in [0.15, 0.2) is 0 Å². The van der Waals surface area contributed by atoms with Crippen LogP contribution >= 0.6 is 0 Å². The number of fused-ring (bicyclic) bond motifs is 10. The quantitative estimate of drug-likeness (QED) is 0.181. The number of hydrogen-bond donors (Lipinski definition) is 0. The summed E-state index contributed by atoms with van der Waals surface area (Å²) in [5, 5.41) is 4.90. The Hall–Kier alpha value is -6.86. The predicted molar refractivity (Wildman–Crippen MR) is 209 cm³/mol. The molecular weight excluding hydrogens is 623 g/mol. The van der Waals surface area contributed by atoms with Gasteiger partial charge < -0.3 is 0 Å². The zero-order valence-electron chi connectivity index (χ0n) is 27.2. The summed E-state index contributed by atoms with van der Waals surface area (Å²) in [7, 11) is 0. The molecule has 11 aromatic rings. The van der Waals surface area contributed by atoms with Gasteiger partial charge in [-0.25, -0.2) is 9.97 Å². The van der Waals surface area contributed by atoms with Crippen LogP contribution in [0.5, 0.6) is 0 Å². The Morgan fingerprint density at radius 1 is 0.353 bits per heavy atom. The Morgan fingerprint density at radius 2 is 0.725 bits per heavy atom. The molecule has 7 aromatic carbocycles. The van der Waals surface area contributed by atoms with E-state index in [-0.39, 0.29) is 6.71 Å². The molecule has 0 atom stereocenters. The lowest BCUT2D eigenvalue weighted by atomic mass is 9.34. The number of para-hydroxylation sites is 6. The van der Waals surface area contributed by atoms with Gasteiger partial charge in [0.1, 0.15) is 0 Å². The molecule has 0 spiro atoms. The van der Waals surface area contributed by atoms with Crippen LogP contribution < -0.4 is 16.4 Å². The van der Waals surface area contributed by atoms with Gasteiger partial charge in [-0.2, -0.15) is 0 Å². The number of aromatic nitrogens is 6. The van der Waals surface area contributed by atoms with E-state index in [2.05, 4.69) is 170 Å². The second-order valence-electron chi connectivity index (χ2n) is 13.8. The number of imidazole rings is 2. The Kier molecular flexibility index (Phi) is 4.61. The highest BCUT2D eigenvalue weighted by Gasteiger charge is 2.41. The summed E-state index contributed by atoms with van der Waals surface area (Å²) >= 11 is 0. The fourth-order valence-corrected chi connectivity index (χ4v) is 9.48. The first-order chi connectivity index (χ1) is 25.3. The molecule has 51 heavy (non-hydrogen) atoms. The van der Waals surface area contributed by atoms with Crippen molar-refractivity contribution < 1.29 is 0 Å². The van der Waals surface area contributed by atoms with E-state index in [1.807, 2.05) is 0 Å². The third-order valence-electron chi connectivity index (χ3n) is 11.4. The lowest BCUT2D eigenvalue weighted by Crippen LogP contribution is -2.59. The number of nitrogens with zero attached hydrogens (tertiary/aromatic N) is 6. The molecule has 2 aliphatic rings. The molecule has 7 heteroatoms. The van der Waals surface area contributed by atoms with Crippen molar-refractivity contribution in [3.05, 3.63) is 152 Å². The van der Waals surface area contributed by atoms with E-state index >= 15 is 0 Å². The first-order valence-corrected chi connectivity index (χ1v) is 17.5. The van der Waals surface area contributed by atoms with E-state index in [1.165, 1.54) is 37.9 Å². The fourth-order valence-electron chi connectivity index (χ4n) is 9.48. The second-order valence-corrected chi connectivity index (χ2v) is 13.8. The standard InChI is InChI=1S/C44H25BN6/c1-5-20-34-26(12-1)27-13-2-6-21-35(27)48(34)43-46-32-18-9-16-30-41(32)50(43)38-24-11-25-39-40(38)45(30)31-17-10-19-33-42(31)51(39)44(47-33)49-36-22-7-3-14-28(36)29-15-4-8-23-37(29)49/h1-25H. The minimum absolute atomic E-state index is 0.0361. The van der Waals surface area contributed by atoms with E-state index in [0.29, 0.717) is 0 Å². The van der Waals surface area contributed by atoms with Crippen LogP contribution in [0.1, 0.15) is 0 Å². The molecule has 0 saturated heterocycles. The van der Waals surface area contributed by atoms with Crippen molar-refractivity contribution in [2.24, 2.45) is 0 Å². The van der Waals surface area contributed by atoms with Gasteiger partial charge in [-0.1, -0.05) is 103 Å². The van der Waals surface area contributed by atoms with Crippen molar-refractivity contribution in [2.45, 2.75) is 0 Å². The topological polar surface area (TPSA) is 45.5 Å². The van der Waals surface area contributed by atoms with E-state index in [0.717, 1.165) is 67.4 Å². The fraction of sp³-hybridized carbons (Fsp3) is 0. The summed E-state index contributed by atoms with van der Waals surface area (Å²) in [5.41, 5.74) is 15.0. The smallest absolute Gasteiger partial charge is 0.252 e. The predicted octanol–water partition coefficient (Wildman–Crippen LogP) is 7.70. The SMILES string of the molecule is c1cc2c3c(c1)-n1c(-n4c5ccccc5c5ccccc54)nc4cccc(c41)B3c1cccc3nc(-n4c5ccccc5c5ccccc54)n-2c13. The van der Waals surface area contributed by atoms with Crippen molar-refractivity contribution in [1.29, 1.82) is 0 Å². The molecule has 0 amide bonds. The Bertz CT molecular complexity index is 3010. The molecule has 0 bridgehead atoms. The zero-order chi connectivity index (χ0) is 32.9. The Labute approximate surface area is 291 Å². The summed E-state index contributed by atoms with van der Waals surface area (Å²) in [6.45, 7) is 0.0361. The van der Waals surface area contributed by atoms with Crippen molar-refractivity contribution in [1.82, 2.24) is 28.2 Å². The van der Waals surface area contributed by atoms with Crippen LogP contribution in [0.2, 0.25) is 0 Å². The summed E-state index contributed by atoms with van der Waals surface area (Å²) in [5.74, 6) is 1.80. The van der Waals surface area contributed by atoms with E-state index in [1.54, 1.807) is 0 Å². The van der Waals surface area contributed by atoms with Gasteiger partial charge in [0.2, 0.25) is 11.9 Å². The molecule has 234 valence electrons. The summed E-state index contributed by atoms with van der Waals surface area (Å²) in [6, 6.07) is 54.8. The van der Waals surface area contributed by atoms with Gasteiger partial charge >= 0.3 is 0 Å². The maximum atomic E-state index is 5.46. The van der Waals surface area contributed by atoms with Crippen molar-refractivity contribution in [3.63, 3.8) is 0 Å². The van der Waals surface area contributed by atoms with Crippen LogP contribution in [-0.4, -0.2) is 34.9 Å². The molecular formula is C44H25BN6. The summed E-state index contributed by atoms with van der Waals surface area (Å²) in [6.07, 6.45) is 0. The minimum Gasteiger partial charge on any atom is -0.279 e. The third kappa shape index (κ3) is 3.03. The van der Waals surface area contributed by atoms with Gasteiger partial charge in [0.05, 0.1) is 44.1 Å². The number of rotatable bonds is 2. The molecule has 13 rings (SSSR count). The third-order valence-corrected chi connectivity index (χ3v) is 11.4. The number of hydrogen-bond acceptors (Lipinski definition) is 2. The molecule has 4 aromatic heterocycles. The molecule has 6 heterocycles. The van der Waals surface area contributed by atoms with E-state index < -0.39 is 0 Å². The average molecular weight is 649 g/mol. The molecule has 0 unspecified atom stereocenters. The normalized spacial score (nSPS) is 13.1. The van der Waals surface area contributed by atoms with Crippen molar-refractivity contribution >= 4 is 88.8 Å². The maximum absolute atomic E-state index is 5.46. The lowest BCUT2D eigenvalue weighted by molar-refractivity contribution is 0.942. The Morgan fingerprint density at radius 3 is 1.14 bits per heavy atom. The van der Waals surface area contributed by atoms with Crippen LogP contribution in [0, 0.1) is 0 Å². The van der Waals surface area contributed by atoms with E-state index in [9.17, 15) is 0 Å². The van der Waals surface area contributed by atoms with Gasteiger partial charge in [0, 0.05) is 32.9 Å². The molecule has 0 fully saturated rings. The largest absolute Gasteiger partial charge is 0.279 e. The Balaban J connectivity index is 1.18. The highest BCUT2D eigenvalue weighted by Crippen LogP contribution is 2.38. The van der Waals surface area contributed by atoms with Gasteiger partial charge in [-0.05, 0) is 64.9 Å². The highest BCUT2D eigenvalue weighted by molar-refractivity contribution is 7.00. The first kappa shape index (κ1) is 26.1. The van der Waals surface area contributed by atoms with Crippen molar-refractivity contribution in [3.8, 4) is 23.3 Å². The number of benzene rings is 7. The van der Waals surface area contributed by atoms with Crippen LogP contribution in [0.4, 0.5) is 0 Å². The van der Waals surface area contributed by atoms with Crippen LogP contribution in [0.3, 0.4) is 0 Å². The van der Waals surface area contributed by atoms with Crippen LogP contribution in [-0.2, 0) is 0 Å². The molecule has 0 N–H and O–H groups in total. The first-order valence-electron chi connectivity index (χ1n) is 17.5.